The Bertz CT molecular complexity index is 1550. The van der Waals surface area contributed by atoms with E-state index in [1.807, 2.05) is 30.1 Å². The number of hydrogen-bond donors (Lipinski definition) is 0. The molecule has 1 amide bonds. The molecule has 1 saturated heterocycles. The molecule has 188 valence electrons. The van der Waals surface area contributed by atoms with Gasteiger partial charge in [0.25, 0.3) is 0 Å². The second-order valence-electron chi connectivity index (χ2n) is 8.70. The van der Waals surface area contributed by atoms with Crippen LogP contribution >= 0.6 is 11.8 Å². The Balaban J connectivity index is 1.52. The van der Waals surface area contributed by atoms with Crippen molar-refractivity contribution in [2.75, 3.05) is 20.2 Å². The number of fused-ring (bicyclic) bond motifs is 1. The number of carbonyl (C=O) groups excluding carboxylic acids is 1. The molecule has 0 saturated carbocycles. The van der Waals surface area contributed by atoms with Gasteiger partial charge in [0.1, 0.15) is 11.9 Å². The van der Waals surface area contributed by atoms with E-state index >= 15 is 0 Å². The van der Waals surface area contributed by atoms with Gasteiger partial charge in [0, 0.05) is 52.0 Å². The number of likely N-dealkylation sites (tertiary alicyclic amines) is 1. The van der Waals surface area contributed by atoms with E-state index in [-0.39, 0.29) is 12.1 Å². The monoisotopic (exact) mass is 517 g/mol. The van der Waals surface area contributed by atoms with Crippen molar-refractivity contribution in [3.05, 3.63) is 59.9 Å². The summed E-state index contributed by atoms with van der Waals surface area (Å²) >= 11 is 1.38. The lowest BCUT2D eigenvalue weighted by Crippen LogP contribution is -2.39. The van der Waals surface area contributed by atoms with Crippen LogP contribution < -0.4 is 0 Å². The predicted molar refractivity (Wildman–Crippen MR) is 138 cm³/mol. The minimum atomic E-state index is -0.395. The van der Waals surface area contributed by atoms with Crippen molar-refractivity contribution in [2.24, 2.45) is 4.99 Å². The lowest BCUT2D eigenvalue weighted by atomic mass is 10.0. The van der Waals surface area contributed by atoms with Crippen LogP contribution in [0.3, 0.4) is 0 Å². The zero-order valence-electron chi connectivity index (χ0n) is 20.4. The van der Waals surface area contributed by atoms with E-state index in [0.29, 0.717) is 34.8 Å². The van der Waals surface area contributed by atoms with Gasteiger partial charge < -0.3 is 9.64 Å². The summed E-state index contributed by atoms with van der Waals surface area (Å²) in [6.07, 6.45) is 6.51. The summed E-state index contributed by atoms with van der Waals surface area (Å²) in [7, 11) is 1.39. The summed E-state index contributed by atoms with van der Waals surface area (Å²) in [5, 5.41) is 18.8. The minimum Gasteiger partial charge on any atom is -0.453 e. The predicted octanol–water partition coefficient (Wildman–Crippen LogP) is 5.40. The van der Waals surface area contributed by atoms with Crippen LogP contribution in [0.15, 0.2) is 57.6 Å². The van der Waals surface area contributed by atoms with Crippen molar-refractivity contribution in [1.29, 1.82) is 5.26 Å². The molecule has 0 spiro atoms. The van der Waals surface area contributed by atoms with Crippen molar-refractivity contribution in [3.8, 4) is 17.2 Å². The molecule has 0 N–H and O–H groups in total. The molecule has 1 aliphatic rings. The molecule has 0 radical (unpaired) electrons. The van der Waals surface area contributed by atoms with Crippen LogP contribution in [-0.4, -0.2) is 57.3 Å². The molecule has 1 aliphatic heterocycles. The second kappa shape index (κ2) is 10.1. The molecule has 0 unspecified atom stereocenters. The number of amides is 1. The molecule has 11 heteroatoms. The third-order valence-electron chi connectivity index (χ3n) is 6.61. The van der Waals surface area contributed by atoms with Crippen LogP contribution in [0.5, 0.6) is 0 Å². The average Bonchev–Trinajstić information content (AvgIpc) is 3.52. The number of benzene rings is 1. The van der Waals surface area contributed by atoms with Gasteiger partial charge in [0.2, 0.25) is 0 Å². The number of hydrogen-bond acceptors (Lipinski definition) is 7. The Morgan fingerprint density at radius 3 is 2.73 bits per heavy atom. The van der Waals surface area contributed by atoms with Gasteiger partial charge in [-0.05, 0) is 44.7 Å². The van der Waals surface area contributed by atoms with Gasteiger partial charge in [-0.25, -0.2) is 13.7 Å². The Morgan fingerprint density at radius 2 is 2.03 bits per heavy atom. The maximum absolute atomic E-state index is 13.8. The topological polar surface area (TPSA) is 101 Å². The number of carbonyl (C=O) groups is 1. The second-order valence-corrected chi connectivity index (χ2v) is 9.79. The third-order valence-corrected chi connectivity index (χ3v) is 7.70. The first-order valence-electron chi connectivity index (χ1n) is 11.7. The number of piperidine rings is 1. The van der Waals surface area contributed by atoms with Gasteiger partial charge >= 0.3 is 6.09 Å². The van der Waals surface area contributed by atoms with Gasteiger partial charge in [-0.3, -0.25) is 9.67 Å². The smallest absolute Gasteiger partial charge is 0.409 e. The van der Waals surface area contributed by atoms with Crippen LogP contribution in [-0.2, 0) is 4.74 Å². The van der Waals surface area contributed by atoms with Crippen molar-refractivity contribution in [2.45, 2.75) is 35.6 Å². The molecule has 0 atom stereocenters. The van der Waals surface area contributed by atoms with Crippen LogP contribution in [0.2, 0.25) is 0 Å². The fraction of sp³-hybridized carbons (Fsp3) is 0.269. The van der Waals surface area contributed by atoms with E-state index in [0.717, 1.165) is 34.6 Å². The van der Waals surface area contributed by atoms with E-state index in [2.05, 4.69) is 28.0 Å². The standard InChI is InChI=1S/C26H24FN7O2S/c1-16-21(14-31-34(16)20-6-8-32(9-7-20)26(35)36-3)17-10-24(25-18(12-28)13-30-33(25)15-17)37-23-5-4-19(27)11-22(23)29-2/h4-5,10-11,13-15,20H,2,6-9H2,1,3H3. The van der Waals surface area contributed by atoms with Gasteiger partial charge in [-0.15, -0.1) is 0 Å². The van der Waals surface area contributed by atoms with E-state index < -0.39 is 5.82 Å². The van der Waals surface area contributed by atoms with E-state index in [1.165, 1.54) is 37.2 Å². The zero-order valence-corrected chi connectivity index (χ0v) is 21.2. The lowest BCUT2D eigenvalue weighted by molar-refractivity contribution is 0.105. The molecule has 0 bridgehead atoms. The summed E-state index contributed by atoms with van der Waals surface area (Å²) < 4.78 is 22.3. The number of halogens is 1. The van der Waals surface area contributed by atoms with Crippen LogP contribution in [0.4, 0.5) is 14.9 Å². The first-order chi connectivity index (χ1) is 17.9. The highest BCUT2D eigenvalue weighted by Crippen LogP contribution is 2.40. The van der Waals surface area contributed by atoms with Gasteiger partial charge in [0.15, 0.2) is 0 Å². The number of methoxy groups -OCH3 is 1. The molecule has 3 aromatic heterocycles. The van der Waals surface area contributed by atoms with Crippen LogP contribution in [0, 0.1) is 24.1 Å². The number of rotatable bonds is 5. The first kappa shape index (κ1) is 24.5. The van der Waals surface area contributed by atoms with Crippen molar-refractivity contribution >= 4 is 35.8 Å². The van der Waals surface area contributed by atoms with Gasteiger partial charge in [0.05, 0.1) is 42.3 Å². The fourth-order valence-electron chi connectivity index (χ4n) is 4.71. The highest BCUT2D eigenvalue weighted by Gasteiger charge is 2.26. The molecular weight excluding hydrogens is 493 g/mol. The van der Waals surface area contributed by atoms with Gasteiger partial charge in [-0.1, -0.05) is 11.8 Å². The minimum absolute atomic E-state index is 0.169. The Hall–Kier alpha value is -4.17. The molecule has 1 fully saturated rings. The molecule has 5 rings (SSSR count). The maximum atomic E-state index is 13.8. The summed E-state index contributed by atoms with van der Waals surface area (Å²) in [6, 6.07) is 8.72. The number of nitrogens with zero attached hydrogens (tertiary/aromatic N) is 7. The van der Waals surface area contributed by atoms with E-state index in [9.17, 15) is 14.4 Å². The average molecular weight is 518 g/mol. The Labute approximate surface area is 217 Å². The third kappa shape index (κ3) is 4.56. The highest BCUT2D eigenvalue weighted by atomic mass is 32.2. The zero-order chi connectivity index (χ0) is 26.1. The molecule has 0 aliphatic carbocycles. The normalized spacial score (nSPS) is 14.1. The van der Waals surface area contributed by atoms with Crippen molar-refractivity contribution in [3.63, 3.8) is 0 Å². The molecule has 1 aromatic carbocycles. The van der Waals surface area contributed by atoms with E-state index in [4.69, 9.17) is 4.74 Å². The Morgan fingerprint density at radius 1 is 1.24 bits per heavy atom. The summed E-state index contributed by atoms with van der Waals surface area (Å²) in [5.41, 5.74) is 4.34. The molecule has 9 nitrogen and oxygen atoms in total. The lowest BCUT2D eigenvalue weighted by Gasteiger charge is -2.31. The number of aliphatic imine (C=N–C) groups is 1. The molecule has 37 heavy (non-hydrogen) atoms. The largest absolute Gasteiger partial charge is 0.453 e. The van der Waals surface area contributed by atoms with Crippen molar-refractivity contribution < 1.29 is 13.9 Å². The van der Waals surface area contributed by atoms with Crippen LogP contribution in [0.1, 0.15) is 30.1 Å². The maximum Gasteiger partial charge on any atom is 0.409 e. The van der Waals surface area contributed by atoms with E-state index in [1.54, 1.807) is 15.5 Å². The number of pyridine rings is 1. The Kier molecular flexibility index (Phi) is 6.67. The summed E-state index contributed by atoms with van der Waals surface area (Å²) in [4.78, 5) is 19.0. The highest BCUT2D eigenvalue weighted by molar-refractivity contribution is 7.99. The number of ether oxygens (including phenoxy) is 1. The quantitative estimate of drug-likeness (QED) is 0.329. The number of aromatic nitrogens is 4. The van der Waals surface area contributed by atoms with Gasteiger partial charge in [-0.2, -0.15) is 15.5 Å². The number of nitriles is 1. The SMILES string of the molecule is C=Nc1cc(F)ccc1Sc1cc(-c2cnn(C3CCN(C(=O)OC)CC3)c2C)cn2ncc(C#N)c12. The van der Waals surface area contributed by atoms with Crippen molar-refractivity contribution in [1.82, 2.24) is 24.3 Å². The fourth-order valence-corrected chi connectivity index (χ4v) is 5.79. The van der Waals surface area contributed by atoms with Crippen LogP contribution in [0.25, 0.3) is 16.6 Å². The summed E-state index contributed by atoms with van der Waals surface area (Å²) in [5.74, 6) is -0.395. The molecular formula is C26H24FN7O2S. The first-order valence-corrected chi connectivity index (χ1v) is 12.5. The summed E-state index contributed by atoms with van der Waals surface area (Å²) in [6.45, 7) is 6.81. The molecule has 4 aromatic rings. The molecule has 4 heterocycles.